The maximum absolute atomic E-state index is 11.8. The topological polar surface area (TPSA) is 64.2 Å². The van der Waals surface area contributed by atoms with Crippen LogP contribution in [0, 0.1) is 0 Å². The van der Waals surface area contributed by atoms with Crippen LogP contribution in [0.2, 0.25) is 0 Å². The molecule has 0 aliphatic heterocycles. The predicted octanol–water partition coefficient (Wildman–Crippen LogP) is 2.26. The van der Waals surface area contributed by atoms with Crippen molar-refractivity contribution >= 4 is 11.8 Å². The van der Waals surface area contributed by atoms with Crippen LogP contribution in [0.1, 0.15) is 11.1 Å². The molecule has 1 N–H and O–H groups in total. The quantitative estimate of drug-likeness (QED) is 0.628. The van der Waals surface area contributed by atoms with E-state index in [0.717, 1.165) is 11.3 Å². The van der Waals surface area contributed by atoms with Gasteiger partial charge in [0.2, 0.25) is 0 Å². The van der Waals surface area contributed by atoms with Crippen molar-refractivity contribution in [1.29, 1.82) is 0 Å². The van der Waals surface area contributed by atoms with Crippen LogP contribution in [-0.2, 0) is 17.8 Å². The van der Waals surface area contributed by atoms with E-state index >= 15 is 0 Å². The summed E-state index contributed by atoms with van der Waals surface area (Å²) in [6.07, 6.45) is 3.99. The molecule has 0 spiro atoms. The molecule has 21 heavy (non-hydrogen) atoms. The molecule has 6 heteroatoms. The number of hydrogen-bond acceptors (Lipinski definition) is 5. The van der Waals surface area contributed by atoms with E-state index in [0.29, 0.717) is 30.4 Å². The van der Waals surface area contributed by atoms with E-state index in [1.165, 1.54) is 11.8 Å². The smallest absolute Gasteiger partial charge is 0.254 e. The molecule has 1 heterocycles. The summed E-state index contributed by atoms with van der Waals surface area (Å²) in [6.45, 7) is 0.983. The molecule has 2 aromatic rings. The molecule has 0 atom stereocenters. The third kappa shape index (κ3) is 4.61. The number of ether oxygens (including phenoxy) is 2. The minimum absolute atomic E-state index is 0.105. The average Bonchev–Trinajstić information content (AvgIpc) is 2.49. The third-order valence-corrected chi connectivity index (χ3v) is 3.49. The van der Waals surface area contributed by atoms with Gasteiger partial charge in [0.15, 0.2) is 5.16 Å². The van der Waals surface area contributed by atoms with Gasteiger partial charge in [-0.25, -0.2) is 4.98 Å². The van der Waals surface area contributed by atoms with Crippen LogP contribution < -0.4 is 10.3 Å². The van der Waals surface area contributed by atoms with Crippen molar-refractivity contribution in [2.75, 3.05) is 20.0 Å². The molecule has 0 bridgehead atoms. The Hall–Kier alpha value is -1.79. The molecule has 0 saturated carbocycles. The van der Waals surface area contributed by atoms with Crippen molar-refractivity contribution in [3.63, 3.8) is 0 Å². The summed E-state index contributed by atoms with van der Waals surface area (Å²) in [5.74, 6) is 0.773. The van der Waals surface area contributed by atoms with Gasteiger partial charge in [-0.2, -0.15) is 0 Å². The molecular weight excluding hydrogens is 288 g/mol. The summed E-state index contributed by atoms with van der Waals surface area (Å²) in [5.41, 5.74) is 1.57. The van der Waals surface area contributed by atoms with Crippen LogP contribution in [-0.4, -0.2) is 29.9 Å². The van der Waals surface area contributed by atoms with Crippen molar-refractivity contribution < 1.29 is 9.47 Å². The predicted molar refractivity (Wildman–Crippen MR) is 83.0 cm³/mol. The van der Waals surface area contributed by atoms with Crippen LogP contribution in [0.15, 0.2) is 40.4 Å². The SMILES string of the molecule is COCc1cccc(OCCc2cnc(SC)[nH]c2=O)c1. The highest BCUT2D eigenvalue weighted by atomic mass is 32.2. The Kier molecular flexibility index (Phi) is 5.83. The van der Waals surface area contributed by atoms with Crippen LogP contribution in [0.25, 0.3) is 0 Å². The lowest BCUT2D eigenvalue weighted by Crippen LogP contribution is -2.16. The number of aromatic amines is 1. The van der Waals surface area contributed by atoms with E-state index < -0.39 is 0 Å². The highest BCUT2D eigenvalue weighted by Crippen LogP contribution is 2.14. The van der Waals surface area contributed by atoms with Gasteiger partial charge in [0.25, 0.3) is 5.56 Å². The fourth-order valence-electron chi connectivity index (χ4n) is 1.86. The van der Waals surface area contributed by atoms with Crippen molar-refractivity contribution in [2.45, 2.75) is 18.2 Å². The summed E-state index contributed by atoms with van der Waals surface area (Å²) >= 11 is 1.41. The fraction of sp³-hybridized carbons (Fsp3) is 0.333. The second-order valence-corrected chi connectivity index (χ2v) is 5.22. The standard InChI is InChI=1S/C15H18N2O3S/c1-19-10-11-4-3-5-13(8-11)20-7-6-12-9-16-15(21-2)17-14(12)18/h3-5,8-9H,6-7,10H2,1-2H3,(H,16,17,18). The highest BCUT2D eigenvalue weighted by Gasteiger charge is 2.03. The number of thioether (sulfide) groups is 1. The maximum atomic E-state index is 11.8. The monoisotopic (exact) mass is 306 g/mol. The molecular formula is C15H18N2O3S. The van der Waals surface area contributed by atoms with Gasteiger partial charge in [-0.1, -0.05) is 23.9 Å². The van der Waals surface area contributed by atoms with E-state index in [4.69, 9.17) is 9.47 Å². The minimum atomic E-state index is -0.105. The van der Waals surface area contributed by atoms with Gasteiger partial charge >= 0.3 is 0 Å². The largest absolute Gasteiger partial charge is 0.493 e. The first kappa shape index (κ1) is 15.6. The second-order valence-electron chi connectivity index (χ2n) is 4.43. The molecule has 0 aliphatic rings. The summed E-state index contributed by atoms with van der Waals surface area (Å²) in [6, 6.07) is 7.72. The number of nitrogens with one attached hydrogen (secondary N) is 1. The Morgan fingerprint density at radius 2 is 2.24 bits per heavy atom. The zero-order valence-corrected chi connectivity index (χ0v) is 12.9. The lowest BCUT2D eigenvalue weighted by molar-refractivity contribution is 0.184. The first-order chi connectivity index (χ1) is 10.2. The van der Waals surface area contributed by atoms with Gasteiger partial charge in [-0.3, -0.25) is 4.79 Å². The van der Waals surface area contributed by atoms with E-state index in [9.17, 15) is 4.79 Å². The average molecular weight is 306 g/mol. The van der Waals surface area contributed by atoms with Gasteiger partial charge < -0.3 is 14.5 Å². The Morgan fingerprint density at radius 1 is 1.38 bits per heavy atom. The van der Waals surface area contributed by atoms with Crippen molar-refractivity contribution in [2.24, 2.45) is 0 Å². The fourth-order valence-corrected chi connectivity index (χ4v) is 2.21. The Bertz CT molecular complexity index is 643. The van der Waals surface area contributed by atoms with Crippen molar-refractivity contribution in [3.05, 3.63) is 51.9 Å². The van der Waals surface area contributed by atoms with E-state index in [-0.39, 0.29) is 5.56 Å². The molecule has 0 amide bonds. The molecule has 1 aromatic heterocycles. The molecule has 2 rings (SSSR count). The Labute approximate surface area is 127 Å². The third-order valence-electron chi connectivity index (χ3n) is 2.89. The highest BCUT2D eigenvalue weighted by molar-refractivity contribution is 7.98. The molecule has 0 saturated heterocycles. The number of rotatable bonds is 7. The number of hydrogen-bond donors (Lipinski definition) is 1. The molecule has 0 aliphatic carbocycles. The van der Waals surface area contributed by atoms with Gasteiger partial charge in [0, 0.05) is 25.3 Å². The van der Waals surface area contributed by atoms with Crippen molar-refractivity contribution in [3.8, 4) is 5.75 Å². The van der Waals surface area contributed by atoms with E-state index in [2.05, 4.69) is 9.97 Å². The summed E-state index contributed by atoms with van der Waals surface area (Å²) in [5, 5.41) is 0.622. The number of methoxy groups -OCH3 is 1. The molecule has 0 unspecified atom stereocenters. The number of benzene rings is 1. The summed E-state index contributed by atoms with van der Waals surface area (Å²) in [4.78, 5) is 18.7. The number of H-pyrrole nitrogens is 1. The number of aromatic nitrogens is 2. The first-order valence-corrected chi connectivity index (χ1v) is 7.78. The lowest BCUT2D eigenvalue weighted by Gasteiger charge is -2.07. The maximum Gasteiger partial charge on any atom is 0.254 e. The summed E-state index contributed by atoms with van der Waals surface area (Å²) in [7, 11) is 1.66. The molecule has 112 valence electrons. The zero-order chi connectivity index (χ0) is 15.1. The van der Waals surface area contributed by atoms with E-state index in [1.807, 2.05) is 30.5 Å². The lowest BCUT2D eigenvalue weighted by atomic mass is 10.2. The van der Waals surface area contributed by atoms with Crippen LogP contribution in [0.5, 0.6) is 5.75 Å². The van der Waals surface area contributed by atoms with Gasteiger partial charge in [0.05, 0.1) is 13.2 Å². The molecule has 5 nitrogen and oxygen atoms in total. The Morgan fingerprint density at radius 3 is 2.95 bits per heavy atom. The summed E-state index contributed by atoms with van der Waals surface area (Å²) < 4.78 is 10.8. The van der Waals surface area contributed by atoms with Gasteiger partial charge in [-0.15, -0.1) is 0 Å². The zero-order valence-electron chi connectivity index (χ0n) is 12.1. The minimum Gasteiger partial charge on any atom is -0.493 e. The molecule has 0 fully saturated rings. The van der Waals surface area contributed by atoms with Crippen LogP contribution >= 0.6 is 11.8 Å². The molecule has 0 radical (unpaired) electrons. The van der Waals surface area contributed by atoms with E-state index in [1.54, 1.807) is 13.3 Å². The number of nitrogens with zero attached hydrogens (tertiary/aromatic N) is 1. The van der Waals surface area contributed by atoms with Gasteiger partial charge in [-0.05, 0) is 24.0 Å². The Balaban J connectivity index is 1.92. The van der Waals surface area contributed by atoms with Crippen molar-refractivity contribution in [1.82, 2.24) is 9.97 Å². The van der Waals surface area contributed by atoms with Crippen LogP contribution in [0.3, 0.4) is 0 Å². The second kappa shape index (κ2) is 7.85. The molecule has 1 aromatic carbocycles. The first-order valence-electron chi connectivity index (χ1n) is 6.56. The van der Waals surface area contributed by atoms with Gasteiger partial charge in [0.1, 0.15) is 5.75 Å². The van der Waals surface area contributed by atoms with Crippen LogP contribution in [0.4, 0.5) is 0 Å². The normalized spacial score (nSPS) is 10.6.